The first-order valence-corrected chi connectivity index (χ1v) is 5.68. The molecule has 3 nitrogen and oxygen atoms in total. The Hall–Kier alpha value is -1.79. The number of aromatic nitrogens is 1. The molecule has 0 aromatic carbocycles. The molecular weight excluding hydrogens is 279 g/mol. The Bertz CT molecular complexity index is 514. The van der Waals surface area contributed by atoms with Crippen LogP contribution in [0.25, 0.3) is 0 Å². The minimum atomic E-state index is -4.40. The van der Waals surface area contributed by atoms with Crippen LogP contribution in [-0.4, -0.2) is 11.2 Å². The van der Waals surface area contributed by atoms with Gasteiger partial charge in [-0.05, 0) is 18.6 Å². The first kappa shape index (κ1) is 15.3. The van der Waals surface area contributed by atoms with Gasteiger partial charge in [0, 0.05) is 29.8 Å². The molecule has 0 bridgehead atoms. The summed E-state index contributed by atoms with van der Waals surface area (Å²) in [5, 5.41) is 18.4. The molecule has 1 aromatic rings. The Balaban J connectivity index is 2.89. The Morgan fingerprint density at radius 1 is 1.21 bits per heavy atom. The first-order chi connectivity index (χ1) is 8.80. The molecule has 100 valence electrons. The third-order valence-electron chi connectivity index (χ3n) is 2.52. The number of hydrogen-bond acceptors (Lipinski definition) is 3. The van der Waals surface area contributed by atoms with E-state index < -0.39 is 24.4 Å². The molecule has 1 aromatic heterocycles. The van der Waals surface area contributed by atoms with E-state index in [1.807, 2.05) is 0 Å². The molecule has 0 amide bonds. The third-order valence-corrected chi connectivity index (χ3v) is 2.76. The summed E-state index contributed by atoms with van der Waals surface area (Å²) in [6.07, 6.45) is -4.98. The average molecular weight is 288 g/mol. The Morgan fingerprint density at radius 3 is 2.32 bits per heavy atom. The standard InChI is InChI=1S/C12H9ClF3N3/c13-9-1-4-19-10(5-9)6-11(7-17,8-18)2-3-12(14,15)16/h1,4-5H,2-3,6H2. The summed E-state index contributed by atoms with van der Waals surface area (Å²) in [5.41, 5.74) is -1.43. The van der Waals surface area contributed by atoms with E-state index in [0.717, 1.165) is 0 Å². The number of hydrogen-bond donors (Lipinski definition) is 0. The van der Waals surface area contributed by atoms with Crippen LogP contribution in [0.3, 0.4) is 0 Å². The van der Waals surface area contributed by atoms with Gasteiger partial charge in [-0.15, -0.1) is 0 Å². The van der Waals surface area contributed by atoms with Crippen LogP contribution in [0.4, 0.5) is 13.2 Å². The average Bonchev–Trinajstić information content (AvgIpc) is 2.34. The lowest BCUT2D eigenvalue weighted by Crippen LogP contribution is -2.23. The second-order valence-electron chi connectivity index (χ2n) is 4.06. The second kappa shape index (κ2) is 5.90. The molecule has 19 heavy (non-hydrogen) atoms. The van der Waals surface area contributed by atoms with Crippen LogP contribution in [0.5, 0.6) is 0 Å². The third kappa shape index (κ3) is 4.76. The van der Waals surface area contributed by atoms with E-state index in [1.54, 1.807) is 12.1 Å². The Kier molecular flexibility index (Phi) is 4.74. The van der Waals surface area contributed by atoms with E-state index in [4.69, 9.17) is 22.1 Å². The van der Waals surface area contributed by atoms with Gasteiger partial charge in [0.25, 0.3) is 0 Å². The zero-order valence-corrected chi connectivity index (χ0v) is 10.5. The van der Waals surface area contributed by atoms with E-state index in [2.05, 4.69) is 4.98 Å². The number of rotatable bonds is 4. The van der Waals surface area contributed by atoms with Gasteiger partial charge in [-0.25, -0.2) is 0 Å². The maximum atomic E-state index is 12.2. The van der Waals surface area contributed by atoms with Gasteiger partial charge < -0.3 is 0 Å². The van der Waals surface area contributed by atoms with Gasteiger partial charge in [0.15, 0.2) is 0 Å². The summed E-state index contributed by atoms with van der Waals surface area (Å²) in [7, 11) is 0. The predicted octanol–water partition coefficient (Wildman–Crippen LogP) is 3.65. The lowest BCUT2D eigenvalue weighted by molar-refractivity contribution is -0.138. The second-order valence-corrected chi connectivity index (χ2v) is 4.50. The highest BCUT2D eigenvalue weighted by Gasteiger charge is 2.37. The SMILES string of the molecule is N#CC(C#N)(CCC(F)(F)F)Cc1cc(Cl)ccn1. The van der Waals surface area contributed by atoms with Gasteiger partial charge in [0.1, 0.15) is 5.41 Å². The lowest BCUT2D eigenvalue weighted by Gasteiger charge is -2.19. The van der Waals surface area contributed by atoms with Gasteiger partial charge in [-0.3, -0.25) is 4.98 Å². The number of pyridine rings is 1. The van der Waals surface area contributed by atoms with E-state index in [1.165, 1.54) is 18.3 Å². The molecule has 0 aliphatic rings. The van der Waals surface area contributed by atoms with Crippen molar-refractivity contribution >= 4 is 11.6 Å². The van der Waals surface area contributed by atoms with Crippen LogP contribution in [0.2, 0.25) is 5.02 Å². The van der Waals surface area contributed by atoms with Crippen molar-refractivity contribution in [3.8, 4) is 12.1 Å². The fourth-order valence-corrected chi connectivity index (χ4v) is 1.70. The summed E-state index contributed by atoms with van der Waals surface area (Å²) in [5.74, 6) is 0. The molecule has 0 saturated heterocycles. The Labute approximate surface area is 113 Å². The predicted molar refractivity (Wildman–Crippen MR) is 61.9 cm³/mol. The molecule has 0 saturated carbocycles. The van der Waals surface area contributed by atoms with E-state index >= 15 is 0 Å². The first-order valence-electron chi connectivity index (χ1n) is 5.30. The molecule has 0 radical (unpaired) electrons. The fraction of sp³-hybridized carbons (Fsp3) is 0.417. The molecule has 0 fully saturated rings. The van der Waals surface area contributed by atoms with Crippen molar-refractivity contribution in [2.75, 3.05) is 0 Å². The molecule has 0 atom stereocenters. The molecule has 0 unspecified atom stereocenters. The maximum Gasteiger partial charge on any atom is 0.389 e. The minimum absolute atomic E-state index is 0.184. The zero-order chi connectivity index (χ0) is 14.5. The maximum absolute atomic E-state index is 12.2. The van der Waals surface area contributed by atoms with E-state index in [-0.39, 0.29) is 6.42 Å². The van der Waals surface area contributed by atoms with Crippen LogP contribution in [0.1, 0.15) is 18.5 Å². The van der Waals surface area contributed by atoms with Crippen LogP contribution < -0.4 is 0 Å². The van der Waals surface area contributed by atoms with Gasteiger partial charge in [0.05, 0.1) is 12.1 Å². The summed E-state index contributed by atoms with van der Waals surface area (Å²) >= 11 is 5.72. The van der Waals surface area contributed by atoms with Gasteiger partial charge >= 0.3 is 6.18 Å². The van der Waals surface area contributed by atoms with Crippen molar-refractivity contribution in [3.63, 3.8) is 0 Å². The topological polar surface area (TPSA) is 60.5 Å². The summed E-state index contributed by atoms with van der Waals surface area (Å²) in [6.45, 7) is 0. The van der Waals surface area contributed by atoms with Gasteiger partial charge in [-0.2, -0.15) is 23.7 Å². The van der Waals surface area contributed by atoms with E-state index in [9.17, 15) is 13.2 Å². The molecule has 1 heterocycles. The van der Waals surface area contributed by atoms with Crippen molar-refractivity contribution in [3.05, 3.63) is 29.0 Å². The summed E-state index contributed by atoms with van der Waals surface area (Å²) < 4.78 is 36.6. The molecule has 0 aliphatic heterocycles. The number of nitriles is 2. The highest BCUT2D eigenvalue weighted by molar-refractivity contribution is 6.30. The van der Waals surface area contributed by atoms with Crippen molar-refractivity contribution in [2.24, 2.45) is 5.41 Å². The molecule has 0 N–H and O–H groups in total. The largest absolute Gasteiger partial charge is 0.389 e. The van der Waals surface area contributed by atoms with Crippen molar-refractivity contribution < 1.29 is 13.2 Å². The highest BCUT2D eigenvalue weighted by Crippen LogP contribution is 2.33. The van der Waals surface area contributed by atoms with E-state index in [0.29, 0.717) is 10.7 Å². The zero-order valence-electron chi connectivity index (χ0n) is 9.71. The molecule has 1 rings (SSSR count). The van der Waals surface area contributed by atoms with Crippen molar-refractivity contribution in [2.45, 2.75) is 25.4 Å². The Morgan fingerprint density at radius 2 is 1.84 bits per heavy atom. The summed E-state index contributed by atoms with van der Waals surface area (Å²) in [6, 6.07) is 6.25. The molecule has 7 heteroatoms. The van der Waals surface area contributed by atoms with Gasteiger partial charge in [-0.1, -0.05) is 11.6 Å². The fourth-order valence-electron chi connectivity index (χ4n) is 1.51. The van der Waals surface area contributed by atoms with Crippen LogP contribution in [0, 0.1) is 28.1 Å². The minimum Gasteiger partial charge on any atom is -0.261 e. The van der Waals surface area contributed by atoms with Crippen LogP contribution >= 0.6 is 11.6 Å². The lowest BCUT2D eigenvalue weighted by atomic mass is 9.81. The summed E-state index contributed by atoms with van der Waals surface area (Å²) in [4.78, 5) is 3.90. The molecular formula is C12H9ClF3N3. The number of nitrogens with zero attached hydrogens (tertiary/aromatic N) is 3. The number of halogens is 4. The van der Waals surface area contributed by atoms with Crippen molar-refractivity contribution in [1.29, 1.82) is 10.5 Å². The normalized spacial score (nSPS) is 11.7. The quantitative estimate of drug-likeness (QED) is 0.849. The monoisotopic (exact) mass is 287 g/mol. The van der Waals surface area contributed by atoms with Crippen LogP contribution in [-0.2, 0) is 6.42 Å². The van der Waals surface area contributed by atoms with Crippen molar-refractivity contribution in [1.82, 2.24) is 4.98 Å². The highest BCUT2D eigenvalue weighted by atomic mass is 35.5. The van der Waals surface area contributed by atoms with Gasteiger partial charge in [0.2, 0.25) is 0 Å². The number of alkyl halides is 3. The molecule has 0 aliphatic carbocycles. The molecule has 0 spiro atoms. The van der Waals surface area contributed by atoms with Crippen LogP contribution in [0.15, 0.2) is 18.3 Å². The smallest absolute Gasteiger partial charge is 0.261 e.